The van der Waals surface area contributed by atoms with E-state index in [9.17, 15) is 4.39 Å². The third-order valence-electron chi connectivity index (χ3n) is 3.29. The molecule has 1 aromatic carbocycles. The van der Waals surface area contributed by atoms with Crippen molar-refractivity contribution in [1.82, 2.24) is 14.9 Å². The largest absolute Gasteiger partial charge is 0.309 e. The predicted octanol–water partition coefficient (Wildman–Crippen LogP) is 3.59. The van der Waals surface area contributed by atoms with Crippen molar-refractivity contribution in [1.29, 1.82) is 0 Å². The van der Waals surface area contributed by atoms with Gasteiger partial charge < -0.3 is 5.32 Å². The molecular formula is C15H20FN3S. The Balaban J connectivity index is 2.48. The smallest absolute Gasteiger partial charge is 0.126 e. The summed E-state index contributed by atoms with van der Waals surface area (Å²) >= 11 is 1.40. The van der Waals surface area contributed by atoms with Crippen LogP contribution in [0.3, 0.4) is 0 Å². The zero-order chi connectivity index (χ0) is 14.9. The lowest BCUT2D eigenvalue weighted by Gasteiger charge is -2.22. The monoisotopic (exact) mass is 293 g/mol. The number of hydrogen-bond acceptors (Lipinski definition) is 4. The molecule has 0 amide bonds. The molecule has 1 N–H and O–H groups in total. The van der Waals surface area contributed by atoms with Gasteiger partial charge in [0.2, 0.25) is 0 Å². The Hall–Kier alpha value is -1.33. The second kappa shape index (κ2) is 5.58. The molecule has 0 radical (unpaired) electrons. The zero-order valence-corrected chi connectivity index (χ0v) is 13.3. The molecular weight excluding hydrogens is 273 g/mol. The summed E-state index contributed by atoms with van der Waals surface area (Å²) in [5, 5.41) is 7.56. The van der Waals surface area contributed by atoms with E-state index in [0.717, 1.165) is 16.1 Å². The minimum Gasteiger partial charge on any atom is -0.309 e. The Morgan fingerprint density at radius 1 is 1.30 bits per heavy atom. The molecule has 0 aliphatic rings. The number of nitrogens with zero attached hydrogens (tertiary/aromatic N) is 2. The quantitative estimate of drug-likeness (QED) is 0.939. The van der Waals surface area contributed by atoms with Crippen LogP contribution in [0.4, 0.5) is 4.39 Å². The predicted molar refractivity (Wildman–Crippen MR) is 80.6 cm³/mol. The molecule has 1 aromatic heterocycles. The normalized spacial score (nSPS) is 13.5. The first-order valence-electron chi connectivity index (χ1n) is 6.60. The van der Waals surface area contributed by atoms with E-state index >= 15 is 0 Å². The van der Waals surface area contributed by atoms with Gasteiger partial charge in [0.25, 0.3) is 0 Å². The highest BCUT2D eigenvalue weighted by Gasteiger charge is 2.27. The van der Waals surface area contributed by atoms with E-state index in [-0.39, 0.29) is 17.3 Å². The third-order valence-corrected chi connectivity index (χ3v) is 4.08. The molecule has 0 bridgehead atoms. The van der Waals surface area contributed by atoms with Crippen LogP contribution in [0.15, 0.2) is 18.2 Å². The Morgan fingerprint density at radius 3 is 2.55 bits per heavy atom. The molecule has 2 aromatic rings. The molecule has 20 heavy (non-hydrogen) atoms. The first kappa shape index (κ1) is 15.1. The molecule has 0 aliphatic heterocycles. The lowest BCUT2D eigenvalue weighted by Crippen LogP contribution is -2.22. The summed E-state index contributed by atoms with van der Waals surface area (Å²) in [4.78, 5) is 1.09. The van der Waals surface area contributed by atoms with Crippen LogP contribution in [0, 0.1) is 12.7 Å². The summed E-state index contributed by atoms with van der Waals surface area (Å²) in [5.41, 5.74) is 2.61. The van der Waals surface area contributed by atoms with Gasteiger partial charge in [0.05, 0.1) is 16.6 Å². The van der Waals surface area contributed by atoms with Crippen LogP contribution in [0.1, 0.15) is 48.5 Å². The number of halogens is 1. The number of benzene rings is 1. The fourth-order valence-electron chi connectivity index (χ4n) is 2.20. The summed E-state index contributed by atoms with van der Waals surface area (Å²) < 4.78 is 17.5. The fourth-order valence-corrected chi connectivity index (χ4v) is 3.21. The van der Waals surface area contributed by atoms with Crippen molar-refractivity contribution in [3.05, 3.63) is 45.7 Å². The molecule has 1 unspecified atom stereocenters. The maximum absolute atomic E-state index is 13.4. The lowest BCUT2D eigenvalue weighted by atomic mass is 9.88. The van der Waals surface area contributed by atoms with Crippen LogP contribution in [0.25, 0.3) is 0 Å². The van der Waals surface area contributed by atoms with Crippen molar-refractivity contribution >= 4 is 11.5 Å². The van der Waals surface area contributed by atoms with E-state index in [1.165, 1.54) is 17.6 Å². The highest BCUT2D eigenvalue weighted by atomic mass is 32.1. The van der Waals surface area contributed by atoms with Crippen LogP contribution in [0.5, 0.6) is 0 Å². The fraction of sp³-hybridized carbons (Fsp3) is 0.467. The number of nitrogens with one attached hydrogen (secondary N) is 1. The molecule has 0 aliphatic carbocycles. The van der Waals surface area contributed by atoms with E-state index in [1.54, 1.807) is 6.92 Å². The van der Waals surface area contributed by atoms with Gasteiger partial charge in [-0.15, -0.1) is 5.10 Å². The number of hydrogen-bond donors (Lipinski definition) is 1. The molecule has 3 nitrogen and oxygen atoms in total. The van der Waals surface area contributed by atoms with Crippen molar-refractivity contribution in [2.24, 2.45) is 0 Å². The second-order valence-electron chi connectivity index (χ2n) is 5.97. The van der Waals surface area contributed by atoms with Crippen molar-refractivity contribution in [2.75, 3.05) is 7.05 Å². The highest BCUT2D eigenvalue weighted by Crippen LogP contribution is 2.33. The van der Waals surface area contributed by atoms with Crippen molar-refractivity contribution in [3.63, 3.8) is 0 Å². The number of rotatable bonds is 3. The highest BCUT2D eigenvalue weighted by molar-refractivity contribution is 7.05. The van der Waals surface area contributed by atoms with Gasteiger partial charge in [-0.3, -0.25) is 0 Å². The van der Waals surface area contributed by atoms with Crippen molar-refractivity contribution in [3.8, 4) is 0 Å². The van der Waals surface area contributed by atoms with Gasteiger partial charge in [-0.2, -0.15) is 0 Å². The minimum atomic E-state index is -0.179. The summed E-state index contributed by atoms with van der Waals surface area (Å²) in [6, 6.07) is 5.20. The number of aromatic nitrogens is 2. The van der Waals surface area contributed by atoms with Gasteiger partial charge >= 0.3 is 0 Å². The molecule has 0 fully saturated rings. The van der Waals surface area contributed by atoms with Gasteiger partial charge in [-0.25, -0.2) is 4.39 Å². The van der Waals surface area contributed by atoms with Gasteiger partial charge in [0.1, 0.15) is 5.82 Å². The standard InChI is InChI=1S/C15H20FN3S/c1-9-8-10(6-7-11(9)16)12(17-5)13-14(15(2,3)4)18-19-20-13/h6-8,12,17H,1-5H3. The van der Waals surface area contributed by atoms with Gasteiger partial charge in [0, 0.05) is 5.41 Å². The van der Waals surface area contributed by atoms with Crippen LogP contribution in [-0.4, -0.2) is 16.6 Å². The molecule has 5 heteroatoms. The maximum Gasteiger partial charge on any atom is 0.126 e. The summed E-state index contributed by atoms with van der Waals surface area (Å²) in [7, 11) is 1.90. The third kappa shape index (κ3) is 2.88. The molecule has 108 valence electrons. The van der Waals surface area contributed by atoms with Crippen molar-refractivity contribution in [2.45, 2.75) is 39.2 Å². The molecule has 1 heterocycles. The SMILES string of the molecule is CNC(c1ccc(F)c(C)c1)c1snnc1C(C)(C)C. The summed E-state index contributed by atoms with van der Waals surface area (Å²) in [6.07, 6.45) is 0. The van der Waals surface area contributed by atoms with Crippen LogP contribution in [0.2, 0.25) is 0 Å². The molecule has 0 saturated heterocycles. The average molecular weight is 293 g/mol. The van der Waals surface area contributed by atoms with Crippen LogP contribution < -0.4 is 5.32 Å². The number of aryl methyl sites for hydroxylation is 1. The van der Waals surface area contributed by atoms with E-state index in [1.807, 2.05) is 19.2 Å². The summed E-state index contributed by atoms with van der Waals surface area (Å²) in [5.74, 6) is -0.179. The van der Waals surface area contributed by atoms with E-state index in [2.05, 4.69) is 35.7 Å². The molecule has 0 saturated carbocycles. The Kier molecular flexibility index (Phi) is 4.20. The first-order valence-corrected chi connectivity index (χ1v) is 7.38. The Bertz CT molecular complexity index is 601. The molecule has 2 rings (SSSR count). The molecule has 0 spiro atoms. The van der Waals surface area contributed by atoms with E-state index in [4.69, 9.17) is 0 Å². The first-order chi connectivity index (χ1) is 9.34. The second-order valence-corrected chi connectivity index (χ2v) is 6.75. The Labute approximate surface area is 123 Å². The van der Waals surface area contributed by atoms with Crippen LogP contribution in [-0.2, 0) is 5.41 Å². The zero-order valence-electron chi connectivity index (χ0n) is 12.5. The minimum absolute atomic E-state index is 0.0106. The van der Waals surface area contributed by atoms with E-state index < -0.39 is 0 Å². The Morgan fingerprint density at radius 2 is 2.00 bits per heavy atom. The van der Waals surface area contributed by atoms with Gasteiger partial charge in [-0.1, -0.05) is 37.4 Å². The average Bonchev–Trinajstić information content (AvgIpc) is 2.83. The molecule has 1 atom stereocenters. The summed E-state index contributed by atoms with van der Waals surface area (Å²) in [6.45, 7) is 8.14. The van der Waals surface area contributed by atoms with Gasteiger partial charge in [0.15, 0.2) is 0 Å². The topological polar surface area (TPSA) is 37.8 Å². The van der Waals surface area contributed by atoms with Crippen LogP contribution >= 0.6 is 11.5 Å². The van der Waals surface area contributed by atoms with Crippen molar-refractivity contribution < 1.29 is 4.39 Å². The van der Waals surface area contributed by atoms with E-state index in [0.29, 0.717) is 5.56 Å². The lowest BCUT2D eigenvalue weighted by molar-refractivity contribution is 0.548. The van der Waals surface area contributed by atoms with Gasteiger partial charge in [-0.05, 0) is 42.7 Å². The maximum atomic E-state index is 13.4.